The molecular weight excluding hydrogens is 276 g/mol. The van der Waals surface area contributed by atoms with E-state index in [1.807, 2.05) is 7.05 Å². The van der Waals surface area contributed by atoms with E-state index in [0.29, 0.717) is 13.1 Å². The Morgan fingerprint density at radius 2 is 2.00 bits per heavy atom. The fourth-order valence-electron chi connectivity index (χ4n) is 1.87. The highest BCUT2D eigenvalue weighted by atomic mass is 32.2. The maximum absolute atomic E-state index is 12.0. The number of aromatic nitrogens is 2. The highest BCUT2D eigenvalue weighted by Crippen LogP contribution is 2.07. The van der Waals surface area contributed by atoms with E-state index in [0.717, 1.165) is 38.6 Å². The molecule has 0 saturated carbocycles. The van der Waals surface area contributed by atoms with Gasteiger partial charge in [-0.3, -0.25) is 4.68 Å². The van der Waals surface area contributed by atoms with Crippen LogP contribution in [0.2, 0.25) is 0 Å². The first-order valence-corrected chi connectivity index (χ1v) is 8.75. The molecule has 0 aromatic carbocycles. The molecule has 0 bridgehead atoms. The molecule has 0 saturated heterocycles. The summed E-state index contributed by atoms with van der Waals surface area (Å²) >= 11 is 0. The molecule has 0 aliphatic heterocycles. The number of nitrogens with one attached hydrogen (secondary N) is 2. The Balaban J connectivity index is 2.42. The molecule has 0 radical (unpaired) electrons. The first-order valence-electron chi connectivity index (χ1n) is 7.27. The largest absolute Gasteiger partial charge is 0.320 e. The molecule has 0 spiro atoms. The zero-order valence-corrected chi connectivity index (χ0v) is 13.2. The third kappa shape index (κ3) is 6.02. The quantitative estimate of drug-likeness (QED) is 0.605. The van der Waals surface area contributed by atoms with Gasteiger partial charge in [0.2, 0.25) is 10.0 Å². The first-order chi connectivity index (χ1) is 9.60. The van der Waals surface area contributed by atoms with E-state index in [-0.39, 0.29) is 4.90 Å². The van der Waals surface area contributed by atoms with Crippen molar-refractivity contribution in [1.29, 1.82) is 0 Å². The number of unbranched alkanes of at least 4 members (excludes halogenated alkanes) is 3. The van der Waals surface area contributed by atoms with Crippen molar-refractivity contribution in [3.05, 3.63) is 12.4 Å². The second-order valence-corrected chi connectivity index (χ2v) is 6.62. The van der Waals surface area contributed by atoms with Crippen LogP contribution >= 0.6 is 0 Å². The second-order valence-electron chi connectivity index (χ2n) is 4.85. The second kappa shape index (κ2) is 9.10. The van der Waals surface area contributed by atoms with Gasteiger partial charge in [0.1, 0.15) is 4.90 Å². The van der Waals surface area contributed by atoms with Crippen molar-refractivity contribution in [2.75, 3.05) is 20.1 Å². The summed E-state index contributed by atoms with van der Waals surface area (Å²) in [5.74, 6) is 0. The Morgan fingerprint density at radius 3 is 2.70 bits per heavy atom. The molecular formula is C13H26N4O2S. The Bertz CT molecular complexity index is 470. The lowest BCUT2D eigenvalue weighted by Crippen LogP contribution is -2.24. The third-order valence-corrected chi connectivity index (χ3v) is 4.47. The summed E-state index contributed by atoms with van der Waals surface area (Å²) in [6, 6.07) is 0. The first kappa shape index (κ1) is 17.1. The maximum atomic E-state index is 12.0. The Kier molecular flexibility index (Phi) is 7.79. The monoisotopic (exact) mass is 302 g/mol. The van der Waals surface area contributed by atoms with Gasteiger partial charge in [-0.15, -0.1) is 0 Å². The van der Waals surface area contributed by atoms with Gasteiger partial charge in [-0.05, 0) is 26.4 Å². The van der Waals surface area contributed by atoms with Crippen LogP contribution in [0.4, 0.5) is 0 Å². The molecule has 2 N–H and O–H groups in total. The third-order valence-electron chi connectivity index (χ3n) is 3.06. The van der Waals surface area contributed by atoms with Crippen LogP contribution in [0.3, 0.4) is 0 Å². The minimum absolute atomic E-state index is 0.248. The lowest BCUT2D eigenvalue weighted by Gasteiger charge is -2.04. The van der Waals surface area contributed by atoms with Crippen LogP contribution in [0.5, 0.6) is 0 Å². The molecule has 0 fully saturated rings. The van der Waals surface area contributed by atoms with Gasteiger partial charge in [-0.2, -0.15) is 5.10 Å². The van der Waals surface area contributed by atoms with Crippen LogP contribution in [0.1, 0.15) is 39.0 Å². The molecule has 116 valence electrons. The van der Waals surface area contributed by atoms with Gasteiger partial charge in [0.05, 0.1) is 6.20 Å². The zero-order chi connectivity index (χ0) is 14.8. The molecule has 1 heterocycles. The summed E-state index contributed by atoms with van der Waals surface area (Å²) in [6.45, 7) is 4.23. The maximum Gasteiger partial charge on any atom is 0.243 e. The number of hydrogen-bond donors (Lipinski definition) is 2. The molecule has 1 aromatic heterocycles. The SMILES string of the molecule is CCCCCCNS(=O)(=O)c1cnn(CCCNC)c1. The van der Waals surface area contributed by atoms with Crippen molar-refractivity contribution in [3.63, 3.8) is 0 Å². The molecule has 7 heteroatoms. The molecule has 0 aliphatic rings. The number of aryl methyl sites for hydroxylation is 1. The summed E-state index contributed by atoms with van der Waals surface area (Å²) in [6.07, 6.45) is 8.14. The summed E-state index contributed by atoms with van der Waals surface area (Å²) < 4.78 is 28.4. The molecule has 1 rings (SSSR count). The average molecular weight is 302 g/mol. The van der Waals surface area contributed by atoms with Gasteiger partial charge in [0.25, 0.3) is 0 Å². The molecule has 6 nitrogen and oxygen atoms in total. The van der Waals surface area contributed by atoms with Gasteiger partial charge in [0, 0.05) is 19.3 Å². The summed E-state index contributed by atoms with van der Waals surface area (Å²) in [5, 5.41) is 7.13. The van der Waals surface area contributed by atoms with E-state index in [1.54, 1.807) is 10.9 Å². The standard InChI is InChI=1S/C13H26N4O2S/c1-3-4-5-6-9-16-20(18,19)13-11-15-17(12-13)10-7-8-14-2/h11-12,14,16H,3-10H2,1-2H3. The van der Waals surface area contributed by atoms with Gasteiger partial charge in [-0.25, -0.2) is 13.1 Å². The Hall–Kier alpha value is -0.920. The molecule has 0 amide bonds. The van der Waals surface area contributed by atoms with Gasteiger partial charge in [-0.1, -0.05) is 26.2 Å². The molecule has 0 aliphatic carbocycles. The van der Waals surface area contributed by atoms with Gasteiger partial charge >= 0.3 is 0 Å². The average Bonchev–Trinajstić information content (AvgIpc) is 2.88. The number of sulfonamides is 1. The number of rotatable bonds is 11. The van der Waals surface area contributed by atoms with Crippen LogP contribution in [0.25, 0.3) is 0 Å². The lowest BCUT2D eigenvalue weighted by atomic mass is 10.2. The predicted octanol–water partition coefficient (Wildman–Crippen LogP) is 1.35. The van der Waals surface area contributed by atoms with Crippen molar-refractivity contribution in [2.24, 2.45) is 0 Å². The van der Waals surface area contributed by atoms with Gasteiger partial charge < -0.3 is 5.32 Å². The van der Waals surface area contributed by atoms with Crippen LogP contribution in [0.15, 0.2) is 17.3 Å². The number of nitrogens with zero attached hydrogens (tertiary/aromatic N) is 2. The van der Waals surface area contributed by atoms with Crippen LogP contribution in [-0.2, 0) is 16.6 Å². The predicted molar refractivity (Wildman–Crippen MR) is 80.1 cm³/mol. The summed E-state index contributed by atoms with van der Waals surface area (Å²) in [4.78, 5) is 0.248. The van der Waals surface area contributed by atoms with E-state index in [4.69, 9.17) is 0 Å². The minimum Gasteiger partial charge on any atom is -0.320 e. The smallest absolute Gasteiger partial charge is 0.243 e. The van der Waals surface area contributed by atoms with Crippen LogP contribution in [0, 0.1) is 0 Å². The van der Waals surface area contributed by atoms with Crippen molar-refractivity contribution in [1.82, 2.24) is 19.8 Å². The fourth-order valence-corrected chi connectivity index (χ4v) is 2.89. The number of hydrogen-bond acceptors (Lipinski definition) is 4. The van der Waals surface area contributed by atoms with Crippen molar-refractivity contribution < 1.29 is 8.42 Å². The van der Waals surface area contributed by atoms with E-state index in [2.05, 4.69) is 22.1 Å². The van der Waals surface area contributed by atoms with E-state index in [9.17, 15) is 8.42 Å². The van der Waals surface area contributed by atoms with E-state index in [1.165, 1.54) is 6.20 Å². The van der Waals surface area contributed by atoms with Crippen LogP contribution in [-0.4, -0.2) is 38.3 Å². The topological polar surface area (TPSA) is 76.0 Å². The van der Waals surface area contributed by atoms with E-state index >= 15 is 0 Å². The van der Waals surface area contributed by atoms with Crippen LogP contribution < -0.4 is 10.0 Å². The minimum atomic E-state index is -3.41. The normalized spacial score (nSPS) is 11.9. The highest BCUT2D eigenvalue weighted by molar-refractivity contribution is 7.89. The molecule has 0 unspecified atom stereocenters. The molecule has 1 aromatic rings. The van der Waals surface area contributed by atoms with Crippen molar-refractivity contribution in [3.8, 4) is 0 Å². The highest BCUT2D eigenvalue weighted by Gasteiger charge is 2.15. The Morgan fingerprint density at radius 1 is 1.20 bits per heavy atom. The zero-order valence-electron chi connectivity index (χ0n) is 12.4. The summed E-state index contributed by atoms with van der Waals surface area (Å²) in [5.41, 5.74) is 0. The molecule has 20 heavy (non-hydrogen) atoms. The van der Waals surface area contributed by atoms with Crippen molar-refractivity contribution >= 4 is 10.0 Å². The lowest BCUT2D eigenvalue weighted by molar-refractivity contribution is 0.559. The molecule has 0 atom stereocenters. The fraction of sp³-hybridized carbons (Fsp3) is 0.769. The van der Waals surface area contributed by atoms with Gasteiger partial charge in [0.15, 0.2) is 0 Å². The van der Waals surface area contributed by atoms with E-state index < -0.39 is 10.0 Å². The Labute approximate surface area is 122 Å². The summed E-state index contributed by atoms with van der Waals surface area (Å²) in [7, 11) is -1.52. The van der Waals surface area contributed by atoms with Crippen molar-refractivity contribution in [2.45, 2.75) is 50.5 Å².